The van der Waals surface area contributed by atoms with Gasteiger partial charge in [-0.15, -0.1) is 12.4 Å². The molecule has 0 aromatic heterocycles. The number of halogens is 1. The van der Waals surface area contributed by atoms with Crippen LogP contribution in [0.3, 0.4) is 0 Å². The van der Waals surface area contributed by atoms with E-state index < -0.39 is 0 Å². The SMILES string of the molecule is CC(N)C1CCCCN1CC(=O)N1CCCCC1C.Cl. The van der Waals surface area contributed by atoms with Crippen molar-refractivity contribution in [2.45, 2.75) is 70.5 Å². The molecule has 20 heavy (non-hydrogen) atoms. The van der Waals surface area contributed by atoms with Crippen LogP contribution >= 0.6 is 12.4 Å². The molecule has 0 aliphatic carbocycles. The molecule has 118 valence electrons. The van der Waals surface area contributed by atoms with Gasteiger partial charge in [0, 0.05) is 24.7 Å². The molecule has 0 bridgehead atoms. The highest BCUT2D eigenvalue weighted by molar-refractivity contribution is 5.85. The molecule has 2 aliphatic rings. The highest BCUT2D eigenvalue weighted by Crippen LogP contribution is 2.21. The Morgan fingerprint density at radius 2 is 1.85 bits per heavy atom. The Balaban J connectivity index is 0.00000200. The fourth-order valence-corrected chi connectivity index (χ4v) is 3.54. The number of hydrogen-bond donors (Lipinski definition) is 1. The number of likely N-dealkylation sites (tertiary alicyclic amines) is 2. The molecule has 0 radical (unpaired) electrons. The molecule has 5 heteroatoms. The minimum Gasteiger partial charge on any atom is -0.339 e. The summed E-state index contributed by atoms with van der Waals surface area (Å²) in [5, 5.41) is 0. The maximum absolute atomic E-state index is 12.5. The molecule has 0 aromatic carbocycles. The molecule has 2 N–H and O–H groups in total. The van der Waals surface area contributed by atoms with Crippen molar-refractivity contribution in [3.63, 3.8) is 0 Å². The molecule has 2 saturated heterocycles. The average Bonchev–Trinajstić information content (AvgIpc) is 2.39. The van der Waals surface area contributed by atoms with Crippen LogP contribution in [0.2, 0.25) is 0 Å². The smallest absolute Gasteiger partial charge is 0.236 e. The molecule has 2 rings (SSSR count). The van der Waals surface area contributed by atoms with Gasteiger partial charge < -0.3 is 10.6 Å². The summed E-state index contributed by atoms with van der Waals surface area (Å²) in [4.78, 5) is 16.9. The Kier molecular flexibility index (Phi) is 7.27. The van der Waals surface area contributed by atoms with Crippen molar-refractivity contribution in [2.24, 2.45) is 5.73 Å². The maximum atomic E-state index is 12.5. The van der Waals surface area contributed by atoms with E-state index >= 15 is 0 Å². The van der Waals surface area contributed by atoms with Gasteiger partial charge in [-0.3, -0.25) is 9.69 Å². The molecule has 3 unspecified atom stereocenters. The van der Waals surface area contributed by atoms with Crippen molar-refractivity contribution in [1.82, 2.24) is 9.80 Å². The lowest BCUT2D eigenvalue weighted by Crippen LogP contribution is -2.54. The highest BCUT2D eigenvalue weighted by atomic mass is 35.5. The first-order valence-electron chi connectivity index (χ1n) is 7.88. The lowest BCUT2D eigenvalue weighted by atomic mass is 9.96. The largest absolute Gasteiger partial charge is 0.339 e. The van der Waals surface area contributed by atoms with Crippen molar-refractivity contribution in [1.29, 1.82) is 0 Å². The number of nitrogens with two attached hydrogens (primary N) is 1. The number of hydrogen-bond acceptors (Lipinski definition) is 3. The summed E-state index contributed by atoms with van der Waals surface area (Å²) in [6, 6.07) is 0.962. The molecule has 0 spiro atoms. The zero-order valence-corrected chi connectivity index (χ0v) is 13.7. The van der Waals surface area contributed by atoms with Gasteiger partial charge in [0.25, 0.3) is 0 Å². The van der Waals surface area contributed by atoms with Crippen LogP contribution in [-0.2, 0) is 4.79 Å². The van der Waals surface area contributed by atoms with Crippen LogP contribution in [0.4, 0.5) is 0 Å². The van der Waals surface area contributed by atoms with Crippen molar-refractivity contribution in [2.75, 3.05) is 19.6 Å². The Bertz CT molecular complexity index is 311. The summed E-state index contributed by atoms with van der Waals surface area (Å²) >= 11 is 0. The second kappa shape index (κ2) is 8.20. The standard InChI is InChI=1S/C15H29N3O.ClH/c1-12-7-3-6-10-18(12)15(19)11-17-9-5-4-8-14(17)13(2)16;/h12-14H,3-11,16H2,1-2H3;1H. The zero-order chi connectivity index (χ0) is 13.8. The Morgan fingerprint density at radius 1 is 1.20 bits per heavy atom. The van der Waals surface area contributed by atoms with Gasteiger partial charge in [-0.25, -0.2) is 0 Å². The van der Waals surface area contributed by atoms with Gasteiger partial charge in [0.05, 0.1) is 6.54 Å². The molecule has 2 fully saturated rings. The number of carbonyl (C=O) groups excluding carboxylic acids is 1. The molecule has 4 nitrogen and oxygen atoms in total. The first-order chi connectivity index (χ1) is 9.09. The molecule has 1 amide bonds. The number of carbonyl (C=O) groups is 1. The summed E-state index contributed by atoms with van der Waals surface area (Å²) in [5.41, 5.74) is 6.07. The fourth-order valence-electron chi connectivity index (χ4n) is 3.54. The summed E-state index contributed by atoms with van der Waals surface area (Å²) in [5.74, 6) is 0.305. The summed E-state index contributed by atoms with van der Waals surface area (Å²) < 4.78 is 0. The number of nitrogens with zero attached hydrogens (tertiary/aromatic N) is 2. The maximum Gasteiger partial charge on any atom is 0.236 e. The molecular formula is C15H30ClN3O. The van der Waals surface area contributed by atoms with Gasteiger partial charge >= 0.3 is 0 Å². The van der Waals surface area contributed by atoms with E-state index in [0.29, 0.717) is 24.5 Å². The summed E-state index contributed by atoms with van der Waals surface area (Å²) in [7, 11) is 0. The van der Waals surface area contributed by atoms with Crippen molar-refractivity contribution in [3.05, 3.63) is 0 Å². The van der Waals surface area contributed by atoms with Gasteiger partial charge in [-0.1, -0.05) is 6.42 Å². The third-order valence-electron chi connectivity index (χ3n) is 4.73. The second-order valence-electron chi connectivity index (χ2n) is 6.32. The van der Waals surface area contributed by atoms with E-state index in [0.717, 1.165) is 32.4 Å². The molecular weight excluding hydrogens is 274 g/mol. The number of rotatable bonds is 3. The zero-order valence-electron chi connectivity index (χ0n) is 12.9. The second-order valence-corrected chi connectivity index (χ2v) is 6.32. The van der Waals surface area contributed by atoms with Crippen LogP contribution in [-0.4, -0.2) is 53.5 Å². The van der Waals surface area contributed by atoms with Crippen LogP contribution in [0, 0.1) is 0 Å². The van der Waals surface area contributed by atoms with E-state index in [-0.39, 0.29) is 18.4 Å². The minimum absolute atomic E-state index is 0. The summed E-state index contributed by atoms with van der Waals surface area (Å²) in [6.45, 7) is 6.78. The fraction of sp³-hybridized carbons (Fsp3) is 0.933. The Hall–Kier alpha value is -0.320. The van der Waals surface area contributed by atoms with E-state index in [4.69, 9.17) is 5.73 Å². The molecule has 3 atom stereocenters. The van der Waals surface area contributed by atoms with Gasteiger partial charge in [0.15, 0.2) is 0 Å². The lowest BCUT2D eigenvalue weighted by molar-refractivity contribution is -0.136. The normalized spacial score (nSPS) is 29.6. The topological polar surface area (TPSA) is 49.6 Å². The molecule has 0 aromatic rings. The van der Waals surface area contributed by atoms with Crippen LogP contribution in [0.15, 0.2) is 0 Å². The third kappa shape index (κ3) is 4.34. The van der Waals surface area contributed by atoms with Gasteiger partial charge in [0.2, 0.25) is 5.91 Å². The Morgan fingerprint density at radius 3 is 2.50 bits per heavy atom. The van der Waals surface area contributed by atoms with E-state index in [2.05, 4.69) is 23.6 Å². The molecule has 2 heterocycles. The van der Waals surface area contributed by atoms with E-state index in [1.807, 2.05) is 0 Å². The monoisotopic (exact) mass is 303 g/mol. The predicted octanol–water partition coefficient (Wildman–Crippen LogP) is 2.01. The Labute approximate surface area is 129 Å². The predicted molar refractivity (Wildman–Crippen MR) is 85.1 cm³/mol. The van der Waals surface area contributed by atoms with Gasteiger partial charge in [-0.05, 0) is 52.5 Å². The first-order valence-corrected chi connectivity index (χ1v) is 7.88. The highest BCUT2D eigenvalue weighted by Gasteiger charge is 2.30. The third-order valence-corrected chi connectivity index (χ3v) is 4.73. The van der Waals surface area contributed by atoms with Crippen molar-refractivity contribution >= 4 is 18.3 Å². The average molecular weight is 304 g/mol. The van der Waals surface area contributed by atoms with Gasteiger partial charge in [0.1, 0.15) is 0 Å². The van der Waals surface area contributed by atoms with Crippen LogP contribution in [0.25, 0.3) is 0 Å². The van der Waals surface area contributed by atoms with Crippen LogP contribution in [0.5, 0.6) is 0 Å². The van der Waals surface area contributed by atoms with Crippen LogP contribution < -0.4 is 5.73 Å². The number of amides is 1. The minimum atomic E-state index is 0. The lowest BCUT2D eigenvalue weighted by Gasteiger charge is -2.40. The quantitative estimate of drug-likeness (QED) is 0.868. The molecule has 0 saturated carbocycles. The van der Waals surface area contributed by atoms with E-state index in [1.165, 1.54) is 19.3 Å². The molecule has 2 aliphatic heterocycles. The first kappa shape index (κ1) is 17.7. The van der Waals surface area contributed by atoms with Crippen LogP contribution in [0.1, 0.15) is 52.4 Å². The summed E-state index contributed by atoms with van der Waals surface area (Å²) in [6.07, 6.45) is 7.16. The number of piperidine rings is 2. The van der Waals surface area contributed by atoms with E-state index in [9.17, 15) is 4.79 Å². The van der Waals surface area contributed by atoms with Crippen molar-refractivity contribution < 1.29 is 4.79 Å². The van der Waals surface area contributed by atoms with Crippen molar-refractivity contribution in [3.8, 4) is 0 Å². The van der Waals surface area contributed by atoms with E-state index in [1.54, 1.807) is 0 Å². The van der Waals surface area contributed by atoms with Gasteiger partial charge in [-0.2, -0.15) is 0 Å².